The van der Waals surface area contributed by atoms with Gasteiger partial charge in [0.1, 0.15) is 5.76 Å². The van der Waals surface area contributed by atoms with E-state index in [2.05, 4.69) is 9.98 Å². The van der Waals surface area contributed by atoms with E-state index < -0.39 is 0 Å². The van der Waals surface area contributed by atoms with Crippen LogP contribution in [0.5, 0.6) is 0 Å². The van der Waals surface area contributed by atoms with Gasteiger partial charge in [-0.2, -0.15) is 4.99 Å². The van der Waals surface area contributed by atoms with Crippen LogP contribution in [0.2, 0.25) is 0 Å². The Morgan fingerprint density at radius 3 is 2.44 bits per heavy atom. The van der Waals surface area contributed by atoms with Crippen molar-refractivity contribution < 1.29 is 9.21 Å². The zero-order valence-electron chi connectivity index (χ0n) is 9.02. The van der Waals surface area contributed by atoms with Crippen molar-refractivity contribution in [1.82, 2.24) is 4.98 Å². The lowest BCUT2D eigenvalue weighted by molar-refractivity contribution is 0.541. The summed E-state index contributed by atoms with van der Waals surface area (Å²) in [6.45, 7) is 3.77. The molecule has 0 fully saturated rings. The maximum absolute atomic E-state index is 10.1. The zero-order chi connectivity index (χ0) is 11.5. The van der Waals surface area contributed by atoms with Crippen LogP contribution < -0.4 is 0 Å². The lowest BCUT2D eigenvalue weighted by Gasteiger charge is -1.95. The summed E-state index contributed by atoms with van der Waals surface area (Å²) in [7, 11) is 0. The first-order chi connectivity index (χ1) is 7.70. The summed E-state index contributed by atoms with van der Waals surface area (Å²) >= 11 is 0. The second-order valence-electron chi connectivity index (χ2n) is 3.41. The average Bonchev–Trinajstić information content (AvgIpc) is 2.61. The number of benzene rings is 1. The molecule has 16 heavy (non-hydrogen) atoms. The summed E-state index contributed by atoms with van der Waals surface area (Å²) in [5.41, 5.74) is 2.31. The van der Waals surface area contributed by atoms with Crippen LogP contribution in [0.4, 0.5) is 5.69 Å². The number of isocyanates is 1. The van der Waals surface area contributed by atoms with Crippen molar-refractivity contribution in [1.29, 1.82) is 0 Å². The predicted molar refractivity (Wildman–Crippen MR) is 59.2 cm³/mol. The second-order valence-corrected chi connectivity index (χ2v) is 3.41. The molecule has 2 aromatic rings. The molecule has 0 N–H and O–H groups in total. The third kappa shape index (κ3) is 1.92. The van der Waals surface area contributed by atoms with Gasteiger partial charge in [-0.05, 0) is 38.1 Å². The number of aromatic nitrogens is 1. The highest BCUT2D eigenvalue weighted by Crippen LogP contribution is 2.23. The van der Waals surface area contributed by atoms with Crippen molar-refractivity contribution in [2.24, 2.45) is 4.99 Å². The van der Waals surface area contributed by atoms with E-state index in [-0.39, 0.29) is 0 Å². The van der Waals surface area contributed by atoms with E-state index in [4.69, 9.17) is 4.42 Å². The SMILES string of the molecule is Cc1nc(-c2ccc(N=C=O)cc2)oc1C. The number of carbonyl (C=O) groups excluding carboxylic acids is 1. The van der Waals surface area contributed by atoms with Gasteiger partial charge < -0.3 is 4.42 Å². The minimum atomic E-state index is 0.568. The fourth-order valence-corrected chi connectivity index (χ4v) is 1.33. The quantitative estimate of drug-likeness (QED) is 0.570. The average molecular weight is 214 g/mol. The van der Waals surface area contributed by atoms with Crippen LogP contribution in [0.25, 0.3) is 11.5 Å². The first-order valence-corrected chi connectivity index (χ1v) is 4.83. The predicted octanol–water partition coefficient (Wildman–Crippen LogP) is 2.93. The number of rotatable bonds is 2. The molecule has 0 radical (unpaired) electrons. The molecule has 0 aliphatic rings. The van der Waals surface area contributed by atoms with Gasteiger partial charge in [0, 0.05) is 5.56 Å². The summed E-state index contributed by atoms with van der Waals surface area (Å²) in [5, 5.41) is 0. The summed E-state index contributed by atoms with van der Waals surface area (Å²) in [6.07, 6.45) is 1.49. The maximum Gasteiger partial charge on any atom is 0.240 e. The molecule has 0 aliphatic carbocycles. The van der Waals surface area contributed by atoms with Gasteiger partial charge in [0.25, 0.3) is 0 Å². The number of aryl methyl sites for hydroxylation is 2. The number of oxazole rings is 1. The van der Waals surface area contributed by atoms with Crippen LogP contribution in [0.3, 0.4) is 0 Å². The largest absolute Gasteiger partial charge is 0.441 e. The van der Waals surface area contributed by atoms with Gasteiger partial charge in [-0.1, -0.05) is 0 Å². The van der Waals surface area contributed by atoms with E-state index in [0.29, 0.717) is 11.6 Å². The Morgan fingerprint density at radius 1 is 1.25 bits per heavy atom. The Balaban J connectivity index is 2.37. The van der Waals surface area contributed by atoms with Crippen LogP contribution in [0.15, 0.2) is 33.7 Å². The summed E-state index contributed by atoms with van der Waals surface area (Å²) < 4.78 is 5.48. The monoisotopic (exact) mass is 214 g/mol. The van der Waals surface area contributed by atoms with Crippen LogP contribution in [0.1, 0.15) is 11.5 Å². The lowest BCUT2D eigenvalue weighted by atomic mass is 10.2. The molecule has 0 amide bonds. The van der Waals surface area contributed by atoms with Crippen LogP contribution in [0, 0.1) is 13.8 Å². The molecule has 0 atom stereocenters. The molecule has 0 saturated carbocycles. The van der Waals surface area contributed by atoms with Crippen LogP contribution in [-0.4, -0.2) is 11.1 Å². The highest BCUT2D eigenvalue weighted by molar-refractivity contribution is 5.59. The molecule has 4 heteroatoms. The summed E-state index contributed by atoms with van der Waals surface area (Å²) in [4.78, 5) is 17.8. The second kappa shape index (κ2) is 4.13. The first kappa shape index (κ1) is 10.3. The standard InChI is InChI=1S/C12H10N2O2/c1-8-9(2)16-12(14-8)10-3-5-11(6-4-10)13-7-15/h3-6H,1-2H3. The van der Waals surface area contributed by atoms with Crippen molar-refractivity contribution in [3.63, 3.8) is 0 Å². The highest BCUT2D eigenvalue weighted by atomic mass is 16.4. The van der Waals surface area contributed by atoms with E-state index in [1.54, 1.807) is 24.3 Å². The topological polar surface area (TPSA) is 55.5 Å². The summed E-state index contributed by atoms with van der Waals surface area (Å²) in [5.74, 6) is 1.39. The molecule has 2 rings (SSSR count). The van der Waals surface area contributed by atoms with E-state index >= 15 is 0 Å². The van der Waals surface area contributed by atoms with Gasteiger partial charge in [-0.3, -0.25) is 0 Å². The van der Waals surface area contributed by atoms with Gasteiger partial charge in [0.05, 0.1) is 11.4 Å². The van der Waals surface area contributed by atoms with Gasteiger partial charge in [0.15, 0.2) is 0 Å². The van der Waals surface area contributed by atoms with Gasteiger partial charge >= 0.3 is 0 Å². The Morgan fingerprint density at radius 2 is 1.94 bits per heavy atom. The molecule has 80 valence electrons. The van der Waals surface area contributed by atoms with E-state index in [1.165, 1.54) is 6.08 Å². The molecule has 0 saturated heterocycles. The van der Waals surface area contributed by atoms with Crippen molar-refractivity contribution in [2.45, 2.75) is 13.8 Å². The van der Waals surface area contributed by atoms with Crippen LogP contribution >= 0.6 is 0 Å². The molecule has 1 aromatic heterocycles. The highest BCUT2D eigenvalue weighted by Gasteiger charge is 2.07. The van der Waals surface area contributed by atoms with Crippen molar-refractivity contribution in [2.75, 3.05) is 0 Å². The fraction of sp³-hybridized carbons (Fsp3) is 0.167. The molecule has 1 heterocycles. The van der Waals surface area contributed by atoms with Crippen molar-refractivity contribution in [3.8, 4) is 11.5 Å². The summed E-state index contributed by atoms with van der Waals surface area (Å²) in [6, 6.07) is 7.05. The third-order valence-corrected chi connectivity index (χ3v) is 2.32. The molecule has 1 aromatic carbocycles. The van der Waals surface area contributed by atoms with Crippen molar-refractivity contribution >= 4 is 11.8 Å². The fourth-order valence-electron chi connectivity index (χ4n) is 1.33. The normalized spacial score (nSPS) is 9.88. The van der Waals surface area contributed by atoms with Gasteiger partial charge in [-0.15, -0.1) is 0 Å². The maximum atomic E-state index is 10.1. The van der Waals surface area contributed by atoms with E-state index in [9.17, 15) is 4.79 Å². The minimum Gasteiger partial charge on any atom is -0.441 e. The molecule has 4 nitrogen and oxygen atoms in total. The van der Waals surface area contributed by atoms with E-state index in [0.717, 1.165) is 17.0 Å². The molecule has 0 aliphatic heterocycles. The first-order valence-electron chi connectivity index (χ1n) is 4.83. The Bertz CT molecular complexity index is 529. The molecule has 0 unspecified atom stereocenters. The third-order valence-electron chi connectivity index (χ3n) is 2.32. The Labute approximate surface area is 92.7 Å². The van der Waals surface area contributed by atoms with Gasteiger partial charge in [-0.25, -0.2) is 9.78 Å². The molecule has 0 spiro atoms. The molecular formula is C12H10N2O2. The lowest BCUT2D eigenvalue weighted by Crippen LogP contribution is -1.77. The number of hydrogen-bond donors (Lipinski definition) is 0. The smallest absolute Gasteiger partial charge is 0.240 e. The Kier molecular flexibility index (Phi) is 2.66. The van der Waals surface area contributed by atoms with Gasteiger partial charge in [0.2, 0.25) is 12.0 Å². The molecular weight excluding hydrogens is 204 g/mol. The minimum absolute atomic E-state index is 0.568. The Hall–Kier alpha value is -2.19. The number of hydrogen-bond acceptors (Lipinski definition) is 4. The zero-order valence-corrected chi connectivity index (χ0v) is 9.02. The number of nitrogens with zero attached hydrogens (tertiary/aromatic N) is 2. The van der Waals surface area contributed by atoms with Crippen LogP contribution in [-0.2, 0) is 4.79 Å². The molecule has 0 bridgehead atoms. The van der Waals surface area contributed by atoms with Crippen molar-refractivity contribution in [3.05, 3.63) is 35.7 Å². The number of aliphatic imine (C=N–C) groups is 1. The van der Waals surface area contributed by atoms with E-state index in [1.807, 2.05) is 13.8 Å².